The molecule has 1 amide bonds. The van der Waals surface area contributed by atoms with Gasteiger partial charge >= 0.3 is 0 Å². The van der Waals surface area contributed by atoms with Crippen molar-refractivity contribution in [1.82, 2.24) is 15.3 Å². The van der Waals surface area contributed by atoms with Gasteiger partial charge in [-0.2, -0.15) is 0 Å². The fourth-order valence-electron chi connectivity index (χ4n) is 1.75. The third kappa shape index (κ3) is 4.19. The third-order valence-electron chi connectivity index (χ3n) is 2.81. The predicted octanol–water partition coefficient (Wildman–Crippen LogP) is 2.20. The SMILES string of the molecule is CC(C)CNC(=O)CCNc1cnc2ccccc2n1. The summed E-state index contributed by atoms with van der Waals surface area (Å²) in [6.07, 6.45) is 2.12. The first-order valence-corrected chi connectivity index (χ1v) is 6.87. The van der Waals surface area contributed by atoms with Crippen LogP contribution in [0.15, 0.2) is 30.5 Å². The van der Waals surface area contributed by atoms with Crippen LogP contribution >= 0.6 is 0 Å². The Labute approximate surface area is 118 Å². The van der Waals surface area contributed by atoms with E-state index in [4.69, 9.17) is 0 Å². The van der Waals surface area contributed by atoms with Gasteiger partial charge in [0.1, 0.15) is 5.82 Å². The minimum Gasteiger partial charge on any atom is -0.368 e. The molecule has 2 aromatic rings. The van der Waals surface area contributed by atoms with Gasteiger partial charge in [0.15, 0.2) is 0 Å². The highest BCUT2D eigenvalue weighted by Gasteiger charge is 2.03. The number of hydrogen-bond acceptors (Lipinski definition) is 4. The number of benzene rings is 1. The van der Waals surface area contributed by atoms with Crippen molar-refractivity contribution in [3.05, 3.63) is 30.5 Å². The Morgan fingerprint density at radius 2 is 2.00 bits per heavy atom. The Hall–Kier alpha value is -2.17. The van der Waals surface area contributed by atoms with E-state index in [1.807, 2.05) is 24.3 Å². The van der Waals surface area contributed by atoms with E-state index in [0.29, 0.717) is 31.2 Å². The standard InChI is InChI=1S/C15H20N4O/c1-11(2)9-18-15(20)7-8-16-14-10-17-12-5-3-4-6-13(12)19-14/h3-6,10-11H,7-9H2,1-2H3,(H,16,19)(H,18,20). The van der Waals surface area contributed by atoms with Crippen molar-refractivity contribution in [2.45, 2.75) is 20.3 Å². The Bertz CT molecular complexity index is 583. The van der Waals surface area contributed by atoms with Crippen molar-refractivity contribution >= 4 is 22.8 Å². The van der Waals surface area contributed by atoms with Crippen molar-refractivity contribution in [1.29, 1.82) is 0 Å². The Kier molecular flexibility index (Phi) is 4.87. The normalized spacial score (nSPS) is 10.8. The molecular weight excluding hydrogens is 252 g/mol. The van der Waals surface area contributed by atoms with E-state index in [-0.39, 0.29) is 5.91 Å². The van der Waals surface area contributed by atoms with E-state index in [2.05, 4.69) is 34.4 Å². The molecule has 0 bridgehead atoms. The fourth-order valence-corrected chi connectivity index (χ4v) is 1.75. The molecule has 5 heteroatoms. The summed E-state index contributed by atoms with van der Waals surface area (Å²) in [6.45, 7) is 5.41. The first-order valence-electron chi connectivity index (χ1n) is 6.87. The molecule has 0 unspecified atom stereocenters. The summed E-state index contributed by atoms with van der Waals surface area (Å²) in [5.74, 6) is 1.22. The van der Waals surface area contributed by atoms with Gasteiger partial charge < -0.3 is 10.6 Å². The number of rotatable bonds is 6. The highest BCUT2D eigenvalue weighted by molar-refractivity contribution is 5.77. The van der Waals surface area contributed by atoms with Crippen molar-refractivity contribution in [2.75, 3.05) is 18.4 Å². The van der Waals surface area contributed by atoms with Crippen molar-refractivity contribution in [3.63, 3.8) is 0 Å². The molecule has 2 N–H and O–H groups in total. The second-order valence-electron chi connectivity index (χ2n) is 5.12. The Morgan fingerprint density at radius 1 is 1.25 bits per heavy atom. The van der Waals surface area contributed by atoms with E-state index in [0.717, 1.165) is 11.0 Å². The highest BCUT2D eigenvalue weighted by atomic mass is 16.1. The van der Waals surface area contributed by atoms with Crippen LogP contribution in [0.3, 0.4) is 0 Å². The minimum absolute atomic E-state index is 0.0555. The van der Waals surface area contributed by atoms with Crippen LogP contribution in [0.1, 0.15) is 20.3 Å². The number of anilines is 1. The number of amides is 1. The van der Waals surface area contributed by atoms with Crippen LogP contribution in [0.4, 0.5) is 5.82 Å². The van der Waals surface area contributed by atoms with Gasteiger partial charge in [0.25, 0.3) is 0 Å². The van der Waals surface area contributed by atoms with E-state index in [1.165, 1.54) is 0 Å². The quantitative estimate of drug-likeness (QED) is 0.846. The zero-order valence-corrected chi connectivity index (χ0v) is 11.9. The summed E-state index contributed by atoms with van der Waals surface area (Å²) in [6, 6.07) is 7.71. The number of carbonyl (C=O) groups is 1. The maximum atomic E-state index is 11.6. The maximum Gasteiger partial charge on any atom is 0.221 e. The first kappa shape index (κ1) is 14.2. The van der Waals surface area contributed by atoms with Crippen LogP contribution < -0.4 is 10.6 Å². The van der Waals surface area contributed by atoms with Crippen LogP contribution in [-0.2, 0) is 4.79 Å². The monoisotopic (exact) mass is 272 g/mol. The molecule has 0 aliphatic heterocycles. The van der Waals surface area contributed by atoms with Gasteiger partial charge in [0, 0.05) is 19.5 Å². The van der Waals surface area contributed by atoms with Crippen molar-refractivity contribution in [2.24, 2.45) is 5.92 Å². The van der Waals surface area contributed by atoms with Gasteiger partial charge in [-0.05, 0) is 18.1 Å². The second-order valence-corrected chi connectivity index (χ2v) is 5.12. The molecule has 1 aromatic carbocycles. The molecule has 106 valence electrons. The van der Waals surface area contributed by atoms with E-state index in [9.17, 15) is 4.79 Å². The predicted molar refractivity (Wildman–Crippen MR) is 80.5 cm³/mol. The van der Waals surface area contributed by atoms with Gasteiger partial charge in [-0.15, -0.1) is 0 Å². The van der Waals surface area contributed by atoms with E-state index < -0.39 is 0 Å². The first-order chi connectivity index (χ1) is 9.65. The lowest BCUT2D eigenvalue weighted by molar-refractivity contribution is -0.120. The fraction of sp³-hybridized carbons (Fsp3) is 0.400. The number of fused-ring (bicyclic) bond motifs is 1. The number of aromatic nitrogens is 2. The number of nitrogens with one attached hydrogen (secondary N) is 2. The van der Waals surface area contributed by atoms with Gasteiger partial charge in [-0.25, -0.2) is 4.98 Å². The zero-order valence-electron chi connectivity index (χ0n) is 11.9. The van der Waals surface area contributed by atoms with Crippen LogP contribution in [0.2, 0.25) is 0 Å². The lowest BCUT2D eigenvalue weighted by Gasteiger charge is -2.08. The zero-order chi connectivity index (χ0) is 14.4. The number of hydrogen-bond donors (Lipinski definition) is 2. The van der Waals surface area contributed by atoms with Gasteiger partial charge in [0.05, 0.1) is 17.2 Å². The van der Waals surface area contributed by atoms with Gasteiger partial charge in [0.2, 0.25) is 5.91 Å². The van der Waals surface area contributed by atoms with Gasteiger partial charge in [-0.3, -0.25) is 9.78 Å². The molecule has 20 heavy (non-hydrogen) atoms. The summed E-state index contributed by atoms with van der Waals surface area (Å²) in [5, 5.41) is 6.00. The Balaban J connectivity index is 1.82. The number of para-hydroxylation sites is 2. The number of carbonyl (C=O) groups excluding carboxylic acids is 1. The summed E-state index contributed by atoms with van der Waals surface area (Å²) in [4.78, 5) is 20.3. The molecule has 0 saturated heterocycles. The molecule has 5 nitrogen and oxygen atoms in total. The largest absolute Gasteiger partial charge is 0.368 e. The van der Waals surface area contributed by atoms with Gasteiger partial charge in [-0.1, -0.05) is 26.0 Å². The molecule has 2 rings (SSSR count). The summed E-state index contributed by atoms with van der Waals surface area (Å²) >= 11 is 0. The maximum absolute atomic E-state index is 11.6. The van der Waals surface area contributed by atoms with Crippen molar-refractivity contribution in [3.8, 4) is 0 Å². The molecule has 1 heterocycles. The molecule has 1 aromatic heterocycles. The molecular formula is C15H20N4O. The van der Waals surface area contributed by atoms with Crippen LogP contribution in [0.25, 0.3) is 11.0 Å². The average molecular weight is 272 g/mol. The van der Waals surface area contributed by atoms with Crippen molar-refractivity contribution < 1.29 is 4.79 Å². The summed E-state index contributed by atoms with van der Waals surface area (Å²) in [5.41, 5.74) is 1.72. The second kappa shape index (κ2) is 6.84. The summed E-state index contributed by atoms with van der Waals surface area (Å²) in [7, 11) is 0. The highest BCUT2D eigenvalue weighted by Crippen LogP contribution is 2.10. The molecule has 0 atom stereocenters. The molecule has 0 aliphatic rings. The Morgan fingerprint density at radius 3 is 2.75 bits per heavy atom. The average Bonchev–Trinajstić information content (AvgIpc) is 2.45. The van der Waals surface area contributed by atoms with Crippen LogP contribution in [-0.4, -0.2) is 29.0 Å². The minimum atomic E-state index is 0.0555. The summed E-state index contributed by atoms with van der Waals surface area (Å²) < 4.78 is 0. The third-order valence-corrected chi connectivity index (χ3v) is 2.81. The molecule has 0 saturated carbocycles. The van der Waals surface area contributed by atoms with E-state index >= 15 is 0 Å². The van der Waals surface area contributed by atoms with Crippen LogP contribution in [0, 0.1) is 5.92 Å². The smallest absolute Gasteiger partial charge is 0.221 e. The molecule has 0 spiro atoms. The lowest BCUT2D eigenvalue weighted by Crippen LogP contribution is -2.28. The molecule has 0 fully saturated rings. The lowest BCUT2D eigenvalue weighted by atomic mass is 10.2. The topological polar surface area (TPSA) is 66.9 Å². The number of nitrogens with zero attached hydrogens (tertiary/aromatic N) is 2. The molecule has 0 radical (unpaired) electrons. The molecule has 0 aliphatic carbocycles. The van der Waals surface area contributed by atoms with E-state index in [1.54, 1.807) is 6.20 Å². The van der Waals surface area contributed by atoms with Crippen LogP contribution in [0.5, 0.6) is 0 Å².